The van der Waals surface area contributed by atoms with Crippen molar-refractivity contribution in [3.8, 4) is 11.5 Å². The summed E-state index contributed by atoms with van der Waals surface area (Å²) in [6.45, 7) is 2.66. The highest BCUT2D eigenvalue weighted by Crippen LogP contribution is 2.36. The number of likely N-dealkylation sites (N-methyl/N-ethyl adjacent to an activating group) is 1. The second kappa shape index (κ2) is 6.51. The number of sulfonamides is 1. The van der Waals surface area contributed by atoms with Crippen molar-refractivity contribution >= 4 is 26.0 Å². The van der Waals surface area contributed by atoms with Crippen molar-refractivity contribution in [1.82, 2.24) is 4.31 Å². The summed E-state index contributed by atoms with van der Waals surface area (Å²) < 4.78 is 37.9. The Bertz CT molecular complexity index is 613. The molecule has 118 valence electrons. The van der Waals surface area contributed by atoms with Crippen molar-refractivity contribution < 1.29 is 22.8 Å². The first-order chi connectivity index (χ1) is 9.90. The Morgan fingerprint density at radius 1 is 1.14 bits per heavy atom. The second-order valence-electron chi connectivity index (χ2n) is 5.00. The van der Waals surface area contributed by atoms with Gasteiger partial charge in [0.1, 0.15) is 4.90 Å². The maximum atomic E-state index is 12.8. The molecule has 0 spiro atoms. The largest absolute Gasteiger partial charge is 0.493 e. The normalized spacial score (nSPS) is 17.7. The van der Waals surface area contributed by atoms with E-state index in [2.05, 4.69) is 23.0 Å². The van der Waals surface area contributed by atoms with Gasteiger partial charge >= 0.3 is 0 Å². The summed E-state index contributed by atoms with van der Waals surface area (Å²) in [7, 11) is 1.53. The highest BCUT2D eigenvalue weighted by atomic mass is 79.9. The van der Waals surface area contributed by atoms with Crippen LogP contribution in [0, 0.1) is 0 Å². The number of nitrogens with zero attached hydrogens (tertiary/aromatic N) is 1. The average molecular weight is 380 g/mol. The molecule has 0 bridgehead atoms. The first-order valence-corrected chi connectivity index (χ1v) is 8.86. The molecule has 1 N–H and O–H groups in total. The molecule has 1 aliphatic heterocycles. The Hall–Kier alpha value is -0.830. The van der Waals surface area contributed by atoms with E-state index in [1.807, 2.05) is 0 Å². The Morgan fingerprint density at radius 2 is 1.67 bits per heavy atom. The standard InChI is InChI=1S/C13H19BrN2O4S/c1-15-4-6-16(7-5-15)21(17,18)13-9-12(20-3)11(19-2)8-10(13)14/h8-9H,4-7H2,1-3H3/p+1. The van der Waals surface area contributed by atoms with E-state index in [1.165, 1.54) is 29.5 Å². The summed E-state index contributed by atoms with van der Waals surface area (Å²) in [6.07, 6.45) is 0. The summed E-state index contributed by atoms with van der Waals surface area (Å²) in [5, 5.41) is 0. The average Bonchev–Trinajstić information content (AvgIpc) is 2.47. The lowest BCUT2D eigenvalue weighted by atomic mass is 10.3. The van der Waals surface area contributed by atoms with Crippen LogP contribution in [0.3, 0.4) is 0 Å². The molecule has 1 fully saturated rings. The van der Waals surface area contributed by atoms with Gasteiger partial charge in [-0.15, -0.1) is 0 Å². The number of nitrogens with one attached hydrogen (secondary N) is 1. The number of ether oxygens (including phenoxy) is 2. The van der Waals surface area contributed by atoms with Crippen molar-refractivity contribution in [3.05, 3.63) is 16.6 Å². The molecule has 1 aliphatic rings. The van der Waals surface area contributed by atoms with Crippen LogP contribution < -0.4 is 14.4 Å². The Labute approximate surface area is 133 Å². The van der Waals surface area contributed by atoms with Crippen molar-refractivity contribution in [2.75, 3.05) is 47.4 Å². The Balaban J connectivity index is 2.40. The van der Waals surface area contributed by atoms with Crippen LogP contribution >= 0.6 is 15.9 Å². The quantitative estimate of drug-likeness (QED) is 0.798. The van der Waals surface area contributed by atoms with Gasteiger partial charge in [-0.2, -0.15) is 4.31 Å². The minimum atomic E-state index is -3.54. The van der Waals surface area contributed by atoms with E-state index in [4.69, 9.17) is 9.47 Å². The zero-order valence-corrected chi connectivity index (χ0v) is 14.8. The molecule has 6 nitrogen and oxygen atoms in total. The third kappa shape index (κ3) is 3.33. The number of halogens is 1. The molecule has 2 rings (SSSR count). The SMILES string of the molecule is COc1cc(Br)c(S(=O)(=O)N2CC[NH+](C)CC2)cc1OC. The molecule has 1 aromatic carbocycles. The molecule has 0 aromatic heterocycles. The van der Waals surface area contributed by atoms with E-state index >= 15 is 0 Å². The fourth-order valence-corrected chi connectivity index (χ4v) is 4.72. The number of benzene rings is 1. The summed E-state index contributed by atoms with van der Waals surface area (Å²) in [4.78, 5) is 1.55. The van der Waals surface area contributed by atoms with Gasteiger partial charge in [-0.1, -0.05) is 0 Å². The first-order valence-electron chi connectivity index (χ1n) is 6.63. The van der Waals surface area contributed by atoms with Gasteiger partial charge in [0.2, 0.25) is 10.0 Å². The molecular weight excluding hydrogens is 360 g/mol. The van der Waals surface area contributed by atoms with Crippen LogP contribution in [-0.4, -0.2) is 60.2 Å². The van der Waals surface area contributed by atoms with Gasteiger partial charge in [0, 0.05) is 10.5 Å². The van der Waals surface area contributed by atoms with E-state index < -0.39 is 10.0 Å². The van der Waals surface area contributed by atoms with Gasteiger partial charge in [-0.25, -0.2) is 8.42 Å². The fraction of sp³-hybridized carbons (Fsp3) is 0.538. The number of piperazine rings is 1. The van der Waals surface area contributed by atoms with Gasteiger partial charge in [0.25, 0.3) is 0 Å². The molecule has 0 amide bonds. The third-order valence-corrected chi connectivity index (χ3v) is 6.49. The molecule has 21 heavy (non-hydrogen) atoms. The van der Waals surface area contributed by atoms with Crippen LogP contribution in [0.2, 0.25) is 0 Å². The molecule has 0 aliphatic carbocycles. The van der Waals surface area contributed by atoms with Crippen molar-refractivity contribution in [1.29, 1.82) is 0 Å². The van der Waals surface area contributed by atoms with Crippen molar-refractivity contribution in [3.63, 3.8) is 0 Å². The number of hydrogen-bond donors (Lipinski definition) is 1. The van der Waals surface area contributed by atoms with Gasteiger partial charge in [0.05, 0.1) is 47.4 Å². The predicted molar refractivity (Wildman–Crippen MR) is 82.6 cm³/mol. The molecule has 1 aromatic rings. The predicted octanol–water partition coefficient (Wildman–Crippen LogP) is -0.0147. The van der Waals surface area contributed by atoms with Crippen molar-refractivity contribution in [2.45, 2.75) is 4.90 Å². The first kappa shape index (κ1) is 16.5. The molecule has 0 atom stereocenters. The minimum Gasteiger partial charge on any atom is -0.493 e. The molecule has 1 saturated heterocycles. The van der Waals surface area contributed by atoms with E-state index in [-0.39, 0.29) is 4.90 Å². The Kier molecular flexibility index (Phi) is 5.13. The highest BCUT2D eigenvalue weighted by Gasteiger charge is 2.31. The van der Waals surface area contributed by atoms with Gasteiger partial charge in [0.15, 0.2) is 11.5 Å². The highest BCUT2D eigenvalue weighted by molar-refractivity contribution is 9.10. The van der Waals surface area contributed by atoms with Crippen LogP contribution in [0.1, 0.15) is 0 Å². The van der Waals surface area contributed by atoms with Gasteiger partial charge in [-0.05, 0) is 22.0 Å². The van der Waals surface area contributed by atoms with Crippen LogP contribution in [0.15, 0.2) is 21.5 Å². The molecule has 1 heterocycles. The van der Waals surface area contributed by atoms with E-state index in [0.717, 1.165) is 13.1 Å². The van der Waals surface area contributed by atoms with Gasteiger partial charge < -0.3 is 14.4 Å². The van der Waals surface area contributed by atoms with Crippen LogP contribution in [0.4, 0.5) is 0 Å². The fourth-order valence-electron chi connectivity index (χ4n) is 2.28. The maximum absolute atomic E-state index is 12.8. The zero-order chi connectivity index (χ0) is 15.6. The summed E-state index contributed by atoms with van der Waals surface area (Å²) >= 11 is 3.32. The van der Waals surface area contributed by atoms with Crippen LogP contribution in [-0.2, 0) is 10.0 Å². The molecule has 8 heteroatoms. The molecule has 0 radical (unpaired) electrons. The summed E-state index contributed by atoms with van der Waals surface area (Å²) in [5.41, 5.74) is 0. The maximum Gasteiger partial charge on any atom is 0.244 e. The lowest BCUT2D eigenvalue weighted by molar-refractivity contribution is -0.883. The topological polar surface area (TPSA) is 60.3 Å². The minimum absolute atomic E-state index is 0.208. The summed E-state index contributed by atoms with van der Waals surface area (Å²) in [5.74, 6) is 0.894. The molecule has 0 saturated carbocycles. The Morgan fingerprint density at radius 3 is 2.19 bits per heavy atom. The zero-order valence-electron chi connectivity index (χ0n) is 12.3. The van der Waals surface area contributed by atoms with Crippen LogP contribution in [0.5, 0.6) is 11.5 Å². The van der Waals surface area contributed by atoms with Gasteiger partial charge in [-0.3, -0.25) is 0 Å². The number of quaternary nitrogens is 1. The summed E-state index contributed by atoms with van der Waals surface area (Å²) in [6, 6.07) is 3.12. The van der Waals surface area contributed by atoms with Crippen molar-refractivity contribution in [2.24, 2.45) is 0 Å². The number of rotatable bonds is 4. The third-order valence-electron chi connectivity index (χ3n) is 3.63. The smallest absolute Gasteiger partial charge is 0.244 e. The second-order valence-corrected chi connectivity index (χ2v) is 7.76. The van der Waals surface area contributed by atoms with E-state index in [9.17, 15) is 8.42 Å². The molecule has 0 unspecified atom stereocenters. The van der Waals surface area contributed by atoms with E-state index in [0.29, 0.717) is 29.1 Å². The monoisotopic (exact) mass is 379 g/mol. The van der Waals surface area contributed by atoms with E-state index in [1.54, 1.807) is 6.07 Å². The van der Waals surface area contributed by atoms with Crippen LogP contribution in [0.25, 0.3) is 0 Å². The lowest BCUT2D eigenvalue weighted by Crippen LogP contribution is -3.12. The molecular formula is C13H20BrN2O4S+. The number of hydrogen-bond acceptors (Lipinski definition) is 4. The lowest BCUT2D eigenvalue weighted by Gasteiger charge is -2.29. The number of methoxy groups -OCH3 is 2.